The van der Waals surface area contributed by atoms with E-state index in [1.807, 2.05) is 51.0 Å². The molecule has 0 saturated heterocycles. The lowest BCUT2D eigenvalue weighted by molar-refractivity contribution is -0.131. The molecule has 0 spiro atoms. The van der Waals surface area contributed by atoms with Crippen molar-refractivity contribution in [2.75, 3.05) is 14.1 Å². The minimum Gasteiger partial charge on any atom is -0.352 e. The van der Waals surface area contributed by atoms with E-state index in [1.54, 1.807) is 30.3 Å². The molecule has 2 aromatic heterocycles. The maximum Gasteiger partial charge on any atom is 0.337 e. The second-order valence-corrected chi connectivity index (χ2v) is 11.5. The molecule has 42 heavy (non-hydrogen) atoms. The van der Waals surface area contributed by atoms with Crippen LogP contribution in [0.1, 0.15) is 55.9 Å². The van der Waals surface area contributed by atoms with Crippen LogP contribution in [-0.2, 0) is 4.79 Å². The topological polar surface area (TPSA) is 106 Å². The number of hydrogen-bond acceptors (Lipinski definition) is 6. The molecule has 2 heterocycles. The third kappa shape index (κ3) is 5.42. The summed E-state index contributed by atoms with van der Waals surface area (Å²) in [7, 11) is 3.70. The highest BCUT2D eigenvalue weighted by Crippen LogP contribution is 2.29. The Morgan fingerprint density at radius 3 is 2.36 bits per heavy atom. The minimum absolute atomic E-state index is 0.0125. The number of carbonyl (C=O) groups is 2. The summed E-state index contributed by atoms with van der Waals surface area (Å²) in [5.74, 6) is -0.751. The largest absolute Gasteiger partial charge is 0.352 e. The maximum absolute atomic E-state index is 14.3. The Kier molecular flexibility index (Phi) is 7.92. The fourth-order valence-electron chi connectivity index (χ4n) is 5.36. The van der Waals surface area contributed by atoms with Gasteiger partial charge in [0.05, 0.1) is 22.8 Å². The van der Waals surface area contributed by atoms with Crippen molar-refractivity contribution in [2.24, 2.45) is 0 Å². The van der Waals surface area contributed by atoms with Crippen molar-refractivity contribution in [3.05, 3.63) is 93.0 Å². The number of likely N-dealkylation sites (N-methyl/N-ethyl adjacent to an activating group) is 1. The van der Waals surface area contributed by atoms with Crippen LogP contribution < -0.4 is 16.6 Å². The van der Waals surface area contributed by atoms with Crippen molar-refractivity contribution in [3.63, 3.8) is 0 Å². The van der Waals surface area contributed by atoms with Crippen LogP contribution in [-0.4, -0.2) is 56.9 Å². The number of halogens is 1. The van der Waals surface area contributed by atoms with Crippen molar-refractivity contribution >= 4 is 23.2 Å². The number of nitrogens with one attached hydrogen (secondary N) is 1. The van der Waals surface area contributed by atoms with Gasteiger partial charge < -0.3 is 5.32 Å². The number of aldehydes is 1. The standard InChI is InChI=1S/C32H34FN5O4/c1-32(2,36(3)4)30(41)35-24-12-14-25(15-13-24)38-29(40)27-17-23(33)18-34-28(27)37(31(38)42)26-7-5-6-22(16-26)21-10-8-20(19-39)9-11-21/h5-11,16-19,24-25H,12-15H2,1-4H3,(H,35,41). The zero-order chi connectivity index (χ0) is 30.2. The zero-order valence-corrected chi connectivity index (χ0v) is 24.1. The summed E-state index contributed by atoms with van der Waals surface area (Å²) in [4.78, 5) is 57.6. The molecule has 9 nitrogen and oxygen atoms in total. The van der Waals surface area contributed by atoms with E-state index >= 15 is 0 Å². The number of aromatic nitrogens is 3. The van der Waals surface area contributed by atoms with Crippen LogP contribution in [0, 0.1) is 5.82 Å². The van der Waals surface area contributed by atoms with Crippen LogP contribution in [0.3, 0.4) is 0 Å². The summed E-state index contributed by atoms with van der Waals surface area (Å²) in [5, 5.41) is 3.13. The second kappa shape index (κ2) is 11.4. The molecule has 0 radical (unpaired) electrons. The van der Waals surface area contributed by atoms with Gasteiger partial charge in [-0.25, -0.2) is 18.7 Å². The number of rotatable bonds is 7. The zero-order valence-electron chi connectivity index (χ0n) is 24.1. The number of carbonyl (C=O) groups excluding carboxylic acids is 2. The molecule has 0 atom stereocenters. The lowest BCUT2D eigenvalue weighted by Crippen LogP contribution is -2.55. The van der Waals surface area contributed by atoms with E-state index < -0.39 is 28.6 Å². The SMILES string of the molecule is CN(C)C(C)(C)C(=O)NC1CCC(n2c(=O)c3cc(F)cnc3n(-c3cccc(-c4ccc(C=O)cc4)c3)c2=O)CC1. The lowest BCUT2D eigenvalue weighted by atomic mass is 9.90. The highest BCUT2D eigenvalue weighted by atomic mass is 19.1. The summed E-state index contributed by atoms with van der Waals surface area (Å²) in [6.45, 7) is 3.71. The quantitative estimate of drug-likeness (QED) is 0.335. The highest BCUT2D eigenvalue weighted by molar-refractivity contribution is 5.85. The summed E-state index contributed by atoms with van der Waals surface area (Å²) < 4.78 is 16.9. The molecule has 2 aromatic carbocycles. The van der Waals surface area contributed by atoms with Gasteiger partial charge in [0.25, 0.3) is 5.56 Å². The van der Waals surface area contributed by atoms with E-state index in [1.165, 1.54) is 9.13 Å². The second-order valence-electron chi connectivity index (χ2n) is 11.5. The number of nitrogens with zero attached hydrogens (tertiary/aromatic N) is 4. The molecule has 1 fully saturated rings. The Balaban J connectivity index is 1.53. The van der Waals surface area contributed by atoms with Gasteiger partial charge in [0.15, 0.2) is 5.65 Å². The van der Waals surface area contributed by atoms with Gasteiger partial charge in [0.2, 0.25) is 5.91 Å². The molecular weight excluding hydrogens is 537 g/mol. The van der Waals surface area contributed by atoms with Crippen LogP contribution in [0.5, 0.6) is 0 Å². The maximum atomic E-state index is 14.3. The van der Waals surface area contributed by atoms with E-state index in [4.69, 9.17) is 0 Å². The Hall–Kier alpha value is -4.44. The Morgan fingerprint density at radius 2 is 1.71 bits per heavy atom. The number of pyridine rings is 1. The van der Waals surface area contributed by atoms with Gasteiger partial charge in [-0.05, 0) is 83.0 Å². The van der Waals surface area contributed by atoms with Gasteiger partial charge in [0.1, 0.15) is 12.1 Å². The first-order valence-electron chi connectivity index (χ1n) is 14.0. The summed E-state index contributed by atoms with van der Waals surface area (Å²) >= 11 is 0. The Bertz CT molecular complexity index is 1770. The van der Waals surface area contributed by atoms with E-state index in [0.717, 1.165) is 29.7 Å². The van der Waals surface area contributed by atoms with Crippen LogP contribution in [0.25, 0.3) is 27.8 Å². The Labute approximate surface area is 242 Å². The molecule has 1 N–H and O–H groups in total. The minimum atomic E-state index is -0.679. The van der Waals surface area contributed by atoms with Gasteiger partial charge in [-0.2, -0.15) is 0 Å². The molecule has 1 aliphatic rings. The summed E-state index contributed by atoms with van der Waals surface area (Å²) in [6.07, 6.45) is 3.95. The van der Waals surface area contributed by atoms with Crippen molar-refractivity contribution in [1.82, 2.24) is 24.3 Å². The first-order valence-corrected chi connectivity index (χ1v) is 14.0. The van der Waals surface area contributed by atoms with Gasteiger partial charge >= 0.3 is 5.69 Å². The first kappa shape index (κ1) is 29.1. The summed E-state index contributed by atoms with van der Waals surface area (Å²) in [5.41, 5.74) is 0.908. The predicted octanol–water partition coefficient (Wildman–Crippen LogP) is 4.11. The molecule has 1 aliphatic carbocycles. The number of benzene rings is 2. The smallest absolute Gasteiger partial charge is 0.337 e. The van der Waals surface area contributed by atoms with Crippen LogP contribution in [0.4, 0.5) is 4.39 Å². The normalized spacial score (nSPS) is 17.4. The van der Waals surface area contributed by atoms with E-state index in [-0.39, 0.29) is 23.0 Å². The predicted molar refractivity (Wildman–Crippen MR) is 160 cm³/mol. The van der Waals surface area contributed by atoms with Crippen molar-refractivity contribution in [3.8, 4) is 16.8 Å². The molecule has 0 aliphatic heterocycles. The van der Waals surface area contributed by atoms with Gasteiger partial charge in [-0.1, -0.05) is 36.4 Å². The molecule has 4 aromatic rings. The lowest BCUT2D eigenvalue weighted by Gasteiger charge is -2.35. The van der Waals surface area contributed by atoms with Gasteiger partial charge in [0, 0.05) is 17.6 Å². The van der Waals surface area contributed by atoms with Crippen molar-refractivity contribution in [1.29, 1.82) is 0 Å². The van der Waals surface area contributed by atoms with Crippen LogP contribution >= 0.6 is 0 Å². The van der Waals surface area contributed by atoms with Crippen LogP contribution in [0.15, 0.2) is 70.4 Å². The number of amides is 1. The van der Waals surface area contributed by atoms with Crippen molar-refractivity contribution in [2.45, 2.75) is 57.2 Å². The molecule has 10 heteroatoms. The van der Waals surface area contributed by atoms with Gasteiger partial charge in [-0.3, -0.25) is 23.9 Å². The average molecular weight is 572 g/mol. The highest BCUT2D eigenvalue weighted by Gasteiger charge is 2.33. The van der Waals surface area contributed by atoms with Gasteiger partial charge in [-0.15, -0.1) is 0 Å². The molecule has 1 saturated carbocycles. The van der Waals surface area contributed by atoms with Crippen LogP contribution in [0.2, 0.25) is 0 Å². The monoisotopic (exact) mass is 571 g/mol. The third-order valence-corrected chi connectivity index (χ3v) is 8.45. The third-order valence-electron chi connectivity index (χ3n) is 8.45. The molecule has 1 amide bonds. The van der Waals surface area contributed by atoms with Crippen molar-refractivity contribution < 1.29 is 14.0 Å². The molecular formula is C32H34FN5O4. The number of hydrogen-bond donors (Lipinski definition) is 1. The average Bonchev–Trinajstić information content (AvgIpc) is 2.98. The fraction of sp³-hybridized carbons (Fsp3) is 0.344. The number of fused-ring (bicyclic) bond motifs is 1. The molecule has 0 unspecified atom stereocenters. The molecule has 5 rings (SSSR count). The summed E-state index contributed by atoms with van der Waals surface area (Å²) in [6, 6.07) is 14.9. The van der Waals surface area contributed by atoms with E-state index in [9.17, 15) is 23.6 Å². The Morgan fingerprint density at radius 1 is 1.02 bits per heavy atom. The van der Waals surface area contributed by atoms with E-state index in [0.29, 0.717) is 36.9 Å². The fourth-order valence-corrected chi connectivity index (χ4v) is 5.36. The molecule has 218 valence electrons. The first-order chi connectivity index (χ1) is 20.0. The van der Waals surface area contributed by atoms with E-state index in [2.05, 4.69) is 10.3 Å². The molecule has 0 bridgehead atoms.